The number of hydrogen-bond acceptors (Lipinski definition) is 4. The number of sulfone groups is 1. The molecule has 2 aromatic rings. The zero-order chi connectivity index (χ0) is 17.2. The van der Waals surface area contributed by atoms with Crippen molar-refractivity contribution in [3.8, 4) is 0 Å². The largest absolute Gasteiger partial charge is 0.352 e. The van der Waals surface area contributed by atoms with E-state index < -0.39 is 21.5 Å². The molecular formula is C18H22N2O3S. The number of amides is 1. The topological polar surface area (TPSA) is 76.1 Å². The molecule has 0 radical (unpaired) electrons. The molecule has 128 valence electrons. The normalized spacial score (nSPS) is 21.5. The third-order valence-electron chi connectivity index (χ3n) is 4.67. The first kappa shape index (κ1) is 16.9. The van der Waals surface area contributed by atoms with Crippen LogP contribution in [0.25, 0.3) is 10.9 Å². The van der Waals surface area contributed by atoms with Gasteiger partial charge in [-0.1, -0.05) is 38.0 Å². The Balaban J connectivity index is 1.73. The van der Waals surface area contributed by atoms with Crippen molar-refractivity contribution >= 4 is 26.6 Å². The molecule has 2 atom stereocenters. The van der Waals surface area contributed by atoms with Crippen LogP contribution in [0.4, 0.5) is 0 Å². The van der Waals surface area contributed by atoms with Crippen molar-refractivity contribution in [3.63, 3.8) is 0 Å². The standard InChI is InChI=1S/C18H22N2O3S/c1-13-6-2-4-8-15(13)19-17(21)12-24(22,23)18-11-10-14-7-3-5-9-16(14)20-18/h3,5,7,9-11,13,15H,2,4,6,8,12H2,1H3,(H,19,21)/t13-,15-/m1/s1. The molecule has 6 heteroatoms. The van der Waals surface area contributed by atoms with Crippen molar-refractivity contribution in [2.24, 2.45) is 5.92 Å². The van der Waals surface area contributed by atoms with Gasteiger partial charge in [0, 0.05) is 11.4 Å². The third-order valence-corrected chi connectivity index (χ3v) is 6.18. The zero-order valence-corrected chi connectivity index (χ0v) is 14.6. The van der Waals surface area contributed by atoms with E-state index in [1.54, 1.807) is 12.1 Å². The van der Waals surface area contributed by atoms with E-state index in [-0.39, 0.29) is 11.1 Å². The van der Waals surface area contributed by atoms with Gasteiger partial charge < -0.3 is 5.32 Å². The number of carbonyl (C=O) groups is 1. The summed E-state index contributed by atoms with van der Waals surface area (Å²) in [5.41, 5.74) is 0.611. The molecule has 1 saturated carbocycles. The van der Waals surface area contributed by atoms with Crippen LogP contribution < -0.4 is 5.32 Å². The Labute approximate surface area is 142 Å². The number of hydrogen-bond donors (Lipinski definition) is 1. The van der Waals surface area contributed by atoms with Gasteiger partial charge >= 0.3 is 0 Å². The molecule has 0 saturated heterocycles. The highest BCUT2D eigenvalue weighted by Gasteiger charge is 2.26. The number of nitrogens with one attached hydrogen (secondary N) is 1. The second-order valence-electron chi connectivity index (χ2n) is 6.54. The molecular weight excluding hydrogens is 324 g/mol. The van der Waals surface area contributed by atoms with Crippen LogP contribution in [0.5, 0.6) is 0 Å². The van der Waals surface area contributed by atoms with E-state index >= 15 is 0 Å². The van der Waals surface area contributed by atoms with Crippen LogP contribution in [-0.4, -0.2) is 31.1 Å². The van der Waals surface area contributed by atoms with Crippen molar-refractivity contribution in [2.75, 3.05) is 5.75 Å². The van der Waals surface area contributed by atoms with E-state index in [1.807, 2.05) is 18.2 Å². The van der Waals surface area contributed by atoms with Crippen molar-refractivity contribution < 1.29 is 13.2 Å². The van der Waals surface area contributed by atoms with E-state index in [0.717, 1.165) is 24.6 Å². The molecule has 5 nitrogen and oxygen atoms in total. The highest BCUT2D eigenvalue weighted by molar-refractivity contribution is 7.92. The van der Waals surface area contributed by atoms with Gasteiger partial charge in [-0.05, 0) is 37.0 Å². The Morgan fingerprint density at radius 3 is 2.71 bits per heavy atom. The van der Waals surface area contributed by atoms with Crippen LogP contribution in [0.1, 0.15) is 32.6 Å². The van der Waals surface area contributed by atoms with Gasteiger partial charge in [-0.2, -0.15) is 0 Å². The predicted molar refractivity (Wildman–Crippen MR) is 93.4 cm³/mol. The summed E-state index contributed by atoms with van der Waals surface area (Å²) in [5, 5.41) is 3.71. The lowest BCUT2D eigenvalue weighted by Gasteiger charge is -2.29. The number of nitrogens with zero attached hydrogens (tertiary/aromatic N) is 1. The average Bonchev–Trinajstić information content (AvgIpc) is 2.56. The molecule has 1 aliphatic carbocycles. The molecule has 0 bridgehead atoms. The fourth-order valence-corrected chi connectivity index (χ4v) is 4.34. The minimum absolute atomic E-state index is 0.0481. The van der Waals surface area contributed by atoms with Crippen LogP contribution in [0.3, 0.4) is 0 Å². The van der Waals surface area contributed by atoms with Gasteiger partial charge in [0.1, 0.15) is 5.75 Å². The first-order valence-corrected chi connectivity index (χ1v) is 9.99. The number of benzene rings is 1. The van der Waals surface area contributed by atoms with Crippen LogP contribution in [-0.2, 0) is 14.6 Å². The number of para-hydroxylation sites is 1. The van der Waals surface area contributed by atoms with Crippen molar-refractivity contribution in [3.05, 3.63) is 36.4 Å². The minimum atomic E-state index is -3.74. The second kappa shape index (κ2) is 6.89. The van der Waals surface area contributed by atoms with Gasteiger partial charge in [-0.15, -0.1) is 0 Å². The van der Waals surface area contributed by atoms with Gasteiger partial charge in [0.15, 0.2) is 5.03 Å². The smallest absolute Gasteiger partial charge is 0.235 e. The zero-order valence-electron chi connectivity index (χ0n) is 13.7. The Morgan fingerprint density at radius 1 is 1.17 bits per heavy atom. The first-order valence-electron chi connectivity index (χ1n) is 8.33. The molecule has 1 fully saturated rings. The second-order valence-corrected chi connectivity index (χ2v) is 8.47. The van der Waals surface area contributed by atoms with E-state index in [0.29, 0.717) is 11.4 Å². The maximum Gasteiger partial charge on any atom is 0.235 e. The lowest BCUT2D eigenvalue weighted by Crippen LogP contribution is -2.43. The molecule has 0 spiro atoms. The highest BCUT2D eigenvalue weighted by atomic mass is 32.2. The summed E-state index contributed by atoms with van der Waals surface area (Å²) in [6, 6.07) is 10.6. The molecule has 1 amide bonds. The van der Waals surface area contributed by atoms with E-state index in [2.05, 4.69) is 17.2 Å². The Bertz CT molecular complexity index is 848. The fourth-order valence-electron chi connectivity index (χ4n) is 3.25. The molecule has 0 unspecified atom stereocenters. The highest BCUT2D eigenvalue weighted by Crippen LogP contribution is 2.24. The summed E-state index contributed by atoms with van der Waals surface area (Å²) < 4.78 is 25.0. The van der Waals surface area contributed by atoms with E-state index in [9.17, 15) is 13.2 Å². The Hall–Kier alpha value is -1.95. The summed E-state index contributed by atoms with van der Waals surface area (Å²) in [6.45, 7) is 2.10. The number of fused-ring (bicyclic) bond motifs is 1. The van der Waals surface area contributed by atoms with Gasteiger partial charge in [0.2, 0.25) is 15.7 Å². The summed E-state index contributed by atoms with van der Waals surface area (Å²) >= 11 is 0. The molecule has 3 rings (SSSR count). The van der Waals surface area contributed by atoms with E-state index in [4.69, 9.17) is 0 Å². The lowest BCUT2D eigenvalue weighted by molar-refractivity contribution is -0.119. The molecule has 1 aliphatic rings. The molecule has 1 aromatic heterocycles. The Morgan fingerprint density at radius 2 is 1.92 bits per heavy atom. The predicted octanol–water partition coefficient (Wildman–Crippen LogP) is 2.70. The van der Waals surface area contributed by atoms with Gasteiger partial charge in [-0.3, -0.25) is 4.79 Å². The number of rotatable bonds is 4. The summed E-state index contributed by atoms with van der Waals surface area (Å²) in [4.78, 5) is 16.4. The SMILES string of the molecule is C[C@@H]1CCCC[C@H]1NC(=O)CS(=O)(=O)c1ccc2ccccc2n1. The fraction of sp³-hybridized carbons (Fsp3) is 0.444. The van der Waals surface area contributed by atoms with Crippen LogP contribution >= 0.6 is 0 Å². The monoisotopic (exact) mass is 346 g/mol. The van der Waals surface area contributed by atoms with Gasteiger partial charge in [0.05, 0.1) is 5.52 Å². The minimum Gasteiger partial charge on any atom is -0.352 e. The number of aromatic nitrogens is 1. The lowest BCUT2D eigenvalue weighted by atomic mass is 9.86. The molecule has 1 N–H and O–H groups in total. The number of pyridine rings is 1. The Kier molecular flexibility index (Phi) is 4.85. The third kappa shape index (κ3) is 3.75. The maximum atomic E-state index is 12.5. The summed E-state index contributed by atoms with van der Waals surface area (Å²) in [7, 11) is -3.74. The van der Waals surface area contributed by atoms with Crippen molar-refractivity contribution in [1.29, 1.82) is 0 Å². The van der Waals surface area contributed by atoms with Gasteiger partial charge in [0.25, 0.3) is 0 Å². The molecule has 1 heterocycles. The van der Waals surface area contributed by atoms with Crippen LogP contribution in [0.2, 0.25) is 0 Å². The molecule has 1 aromatic carbocycles. The summed E-state index contributed by atoms with van der Waals surface area (Å²) in [5.74, 6) is -0.602. The number of carbonyl (C=O) groups excluding carboxylic acids is 1. The average molecular weight is 346 g/mol. The van der Waals surface area contributed by atoms with Crippen LogP contribution in [0, 0.1) is 5.92 Å². The van der Waals surface area contributed by atoms with E-state index in [1.165, 1.54) is 12.5 Å². The quantitative estimate of drug-likeness (QED) is 0.923. The van der Waals surface area contributed by atoms with Crippen LogP contribution in [0.15, 0.2) is 41.4 Å². The first-order chi connectivity index (χ1) is 11.5. The molecule has 0 aliphatic heterocycles. The van der Waals surface area contributed by atoms with Crippen molar-refractivity contribution in [2.45, 2.75) is 43.7 Å². The summed E-state index contributed by atoms with van der Waals surface area (Å²) in [6.07, 6.45) is 4.24. The maximum absolute atomic E-state index is 12.5. The van der Waals surface area contributed by atoms with Gasteiger partial charge in [-0.25, -0.2) is 13.4 Å². The molecule has 24 heavy (non-hydrogen) atoms. The van der Waals surface area contributed by atoms with Crippen molar-refractivity contribution in [1.82, 2.24) is 10.3 Å².